The summed E-state index contributed by atoms with van der Waals surface area (Å²) >= 11 is 12.0. The Hall–Kier alpha value is -1.98. The lowest BCUT2D eigenvalue weighted by Gasteiger charge is -2.09. The summed E-state index contributed by atoms with van der Waals surface area (Å²) in [5.41, 5.74) is 1.35. The summed E-state index contributed by atoms with van der Waals surface area (Å²) < 4.78 is 6.49. The van der Waals surface area contributed by atoms with Gasteiger partial charge in [0.2, 0.25) is 0 Å². The monoisotopic (exact) mass is 366 g/mol. The van der Waals surface area contributed by atoms with E-state index in [2.05, 4.69) is 4.99 Å². The molecule has 1 aromatic carbocycles. The molecule has 126 valence electrons. The molecular formula is C17H16Cl2N2O3. The van der Waals surface area contributed by atoms with Crippen LogP contribution in [0.3, 0.4) is 0 Å². The summed E-state index contributed by atoms with van der Waals surface area (Å²) in [6.07, 6.45) is 4.81. The zero-order valence-electron chi connectivity index (χ0n) is 13.0. The molecule has 1 aromatic heterocycles. The number of aryl methyl sites for hydroxylation is 1. The molecule has 1 saturated carbocycles. The zero-order chi connectivity index (χ0) is 17.3. The second-order valence-corrected chi connectivity index (χ2v) is 6.65. The van der Waals surface area contributed by atoms with Crippen molar-refractivity contribution in [1.29, 1.82) is 0 Å². The van der Waals surface area contributed by atoms with E-state index in [9.17, 15) is 10.0 Å². The van der Waals surface area contributed by atoms with Crippen molar-refractivity contribution in [2.45, 2.75) is 19.8 Å². The van der Waals surface area contributed by atoms with E-state index < -0.39 is 5.91 Å². The standard InChI is InChI=1S/C17H16Cl2N2O3/c1-10-2-5-12(6-15(10)24-9-11-3-4-11)17(22)20-16-13(18)7-21(23)8-14(16)19/h2,5-8,11,23H,3-4,9H2,1H3. The molecule has 0 radical (unpaired) electrons. The number of hydrogen-bond donors (Lipinski definition) is 1. The van der Waals surface area contributed by atoms with Crippen LogP contribution in [0, 0.1) is 12.8 Å². The number of aromatic nitrogens is 1. The maximum Gasteiger partial charge on any atom is 0.277 e. The van der Waals surface area contributed by atoms with Crippen molar-refractivity contribution in [1.82, 2.24) is 4.73 Å². The molecule has 0 spiro atoms. The maximum absolute atomic E-state index is 12.4. The number of nitrogens with zero attached hydrogens (tertiary/aromatic N) is 2. The Balaban J connectivity index is 1.89. The van der Waals surface area contributed by atoms with Crippen LogP contribution in [0.25, 0.3) is 0 Å². The number of carbonyl (C=O) groups excluding carboxylic acids is 1. The van der Waals surface area contributed by atoms with Gasteiger partial charge in [-0.15, -0.1) is 0 Å². The molecule has 0 atom stereocenters. The van der Waals surface area contributed by atoms with Gasteiger partial charge in [0.05, 0.1) is 29.0 Å². The molecule has 0 unspecified atom stereocenters. The highest BCUT2D eigenvalue weighted by Crippen LogP contribution is 2.30. The van der Waals surface area contributed by atoms with Gasteiger partial charge in [-0.1, -0.05) is 29.3 Å². The minimum Gasteiger partial charge on any atom is -0.493 e. The smallest absolute Gasteiger partial charge is 0.277 e. The van der Waals surface area contributed by atoms with E-state index in [1.54, 1.807) is 12.1 Å². The highest BCUT2D eigenvalue weighted by molar-refractivity contribution is 6.34. The molecule has 1 amide bonds. The van der Waals surface area contributed by atoms with Crippen molar-refractivity contribution in [3.8, 4) is 5.75 Å². The van der Waals surface area contributed by atoms with E-state index in [0.29, 0.717) is 28.6 Å². The van der Waals surface area contributed by atoms with Gasteiger partial charge in [-0.2, -0.15) is 4.73 Å². The fourth-order valence-electron chi connectivity index (χ4n) is 2.16. The lowest BCUT2D eigenvalue weighted by molar-refractivity contribution is 0.0997. The Morgan fingerprint density at radius 1 is 1.33 bits per heavy atom. The van der Waals surface area contributed by atoms with Gasteiger partial charge in [-0.25, -0.2) is 4.99 Å². The Labute approximate surface area is 149 Å². The first-order valence-electron chi connectivity index (χ1n) is 7.53. The molecule has 0 bridgehead atoms. The summed E-state index contributed by atoms with van der Waals surface area (Å²) in [4.78, 5) is 16.4. The summed E-state index contributed by atoms with van der Waals surface area (Å²) in [7, 11) is 0. The molecular weight excluding hydrogens is 351 g/mol. The van der Waals surface area contributed by atoms with Gasteiger partial charge in [-0.05, 0) is 43.4 Å². The zero-order valence-corrected chi connectivity index (χ0v) is 14.5. The Kier molecular flexibility index (Phi) is 4.83. The molecule has 1 fully saturated rings. The van der Waals surface area contributed by atoms with Crippen LogP contribution in [0.15, 0.2) is 35.6 Å². The number of carbonyl (C=O) groups is 1. The van der Waals surface area contributed by atoms with Crippen LogP contribution in [0.4, 0.5) is 0 Å². The molecule has 0 aliphatic heterocycles. The number of amides is 1. The quantitative estimate of drug-likeness (QED) is 0.835. The van der Waals surface area contributed by atoms with Crippen LogP contribution in [-0.2, 0) is 0 Å². The molecule has 0 saturated heterocycles. The summed E-state index contributed by atoms with van der Waals surface area (Å²) in [5, 5.41) is 9.63. The molecule has 1 aliphatic carbocycles. The van der Waals surface area contributed by atoms with E-state index >= 15 is 0 Å². The number of rotatable bonds is 4. The van der Waals surface area contributed by atoms with Crippen molar-refractivity contribution in [3.63, 3.8) is 0 Å². The largest absolute Gasteiger partial charge is 0.493 e. The van der Waals surface area contributed by atoms with Gasteiger partial charge in [0.15, 0.2) is 0 Å². The van der Waals surface area contributed by atoms with Crippen LogP contribution in [0.5, 0.6) is 5.75 Å². The average Bonchev–Trinajstić information content (AvgIpc) is 3.34. The number of hydrogen-bond acceptors (Lipinski definition) is 3. The van der Waals surface area contributed by atoms with Crippen LogP contribution in [0.2, 0.25) is 10.0 Å². The highest BCUT2D eigenvalue weighted by Gasteiger charge is 2.22. The van der Waals surface area contributed by atoms with E-state index in [1.165, 1.54) is 25.2 Å². The first-order chi connectivity index (χ1) is 11.4. The van der Waals surface area contributed by atoms with Crippen molar-refractivity contribution in [2.75, 3.05) is 6.61 Å². The number of ether oxygens (including phenoxy) is 1. The Bertz CT molecular complexity index is 831. The van der Waals surface area contributed by atoms with Crippen LogP contribution >= 0.6 is 23.2 Å². The van der Waals surface area contributed by atoms with E-state index in [-0.39, 0.29) is 15.4 Å². The SMILES string of the molecule is Cc1ccc(C(=O)N=c2c(Cl)cn(O)cc2Cl)cc1OCC1CC1. The molecule has 5 nitrogen and oxygen atoms in total. The van der Waals surface area contributed by atoms with Crippen molar-refractivity contribution in [2.24, 2.45) is 10.9 Å². The number of pyridine rings is 1. The van der Waals surface area contributed by atoms with Crippen LogP contribution in [0.1, 0.15) is 28.8 Å². The molecule has 7 heteroatoms. The fourth-order valence-corrected chi connectivity index (χ4v) is 2.70. The summed E-state index contributed by atoms with van der Waals surface area (Å²) in [5.74, 6) is 0.827. The normalized spacial score (nSPS) is 13.6. The maximum atomic E-state index is 12.4. The van der Waals surface area contributed by atoms with Crippen LogP contribution < -0.4 is 10.1 Å². The van der Waals surface area contributed by atoms with E-state index in [0.717, 1.165) is 5.56 Å². The lowest BCUT2D eigenvalue weighted by Crippen LogP contribution is -2.12. The van der Waals surface area contributed by atoms with Gasteiger partial charge in [0, 0.05) is 5.56 Å². The Morgan fingerprint density at radius 2 is 2.00 bits per heavy atom. The van der Waals surface area contributed by atoms with Gasteiger partial charge in [0.25, 0.3) is 5.91 Å². The minimum absolute atomic E-state index is 0.0793. The van der Waals surface area contributed by atoms with Crippen molar-refractivity contribution < 1.29 is 14.7 Å². The number of halogens is 2. The third-order valence-electron chi connectivity index (χ3n) is 3.76. The molecule has 3 rings (SSSR count). The number of benzene rings is 1. The van der Waals surface area contributed by atoms with Gasteiger partial charge in [-0.3, -0.25) is 4.79 Å². The van der Waals surface area contributed by atoms with Gasteiger partial charge < -0.3 is 9.94 Å². The first kappa shape index (κ1) is 16.9. The summed E-state index contributed by atoms with van der Waals surface area (Å²) in [6, 6.07) is 5.18. The fraction of sp³-hybridized carbons (Fsp3) is 0.294. The van der Waals surface area contributed by atoms with E-state index in [1.807, 2.05) is 13.0 Å². The van der Waals surface area contributed by atoms with Crippen LogP contribution in [-0.4, -0.2) is 22.5 Å². The minimum atomic E-state index is -0.481. The molecule has 2 aromatic rings. The molecule has 24 heavy (non-hydrogen) atoms. The topological polar surface area (TPSA) is 63.8 Å². The van der Waals surface area contributed by atoms with Crippen molar-refractivity contribution in [3.05, 3.63) is 57.1 Å². The third-order valence-corrected chi connectivity index (χ3v) is 4.32. The molecule has 1 aliphatic rings. The molecule has 1 heterocycles. The second-order valence-electron chi connectivity index (χ2n) is 5.83. The van der Waals surface area contributed by atoms with E-state index in [4.69, 9.17) is 27.9 Å². The highest BCUT2D eigenvalue weighted by atomic mass is 35.5. The predicted molar refractivity (Wildman–Crippen MR) is 90.9 cm³/mol. The Morgan fingerprint density at radius 3 is 2.62 bits per heavy atom. The average molecular weight is 367 g/mol. The molecule has 1 N–H and O–H groups in total. The van der Waals surface area contributed by atoms with Gasteiger partial charge >= 0.3 is 0 Å². The first-order valence-corrected chi connectivity index (χ1v) is 8.28. The van der Waals surface area contributed by atoms with Gasteiger partial charge in [0.1, 0.15) is 11.1 Å². The third kappa shape index (κ3) is 3.91. The predicted octanol–water partition coefficient (Wildman–Crippen LogP) is 3.87. The van der Waals surface area contributed by atoms with Crippen molar-refractivity contribution >= 4 is 29.1 Å². The second kappa shape index (κ2) is 6.87. The summed E-state index contributed by atoms with van der Waals surface area (Å²) in [6.45, 7) is 2.60. The lowest BCUT2D eigenvalue weighted by atomic mass is 10.1.